The van der Waals surface area contributed by atoms with Crippen LogP contribution in [0.1, 0.15) is 61.1 Å². The molecule has 0 spiro atoms. The number of aromatic carboxylic acids is 1. The number of unbranched alkanes of at least 4 members (excludes halogenated alkanes) is 1. The first-order valence-corrected chi connectivity index (χ1v) is 10.00. The molecule has 29 heavy (non-hydrogen) atoms. The summed E-state index contributed by atoms with van der Waals surface area (Å²) in [7, 11) is 0. The van der Waals surface area contributed by atoms with Crippen molar-refractivity contribution in [2.45, 2.75) is 52.2 Å². The predicted molar refractivity (Wildman–Crippen MR) is 114 cm³/mol. The highest BCUT2D eigenvalue weighted by Gasteiger charge is 2.21. The van der Waals surface area contributed by atoms with Crippen molar-refractivity contribution in [1.82, 2.24) is 9.55 Å². The number of carboxylic acid groups (broad SMARTS) is 1. The quantitative estimate of drug-likeness (QED) is 0.574. The number of aryl methyl sites for hydroxylation is 1. The summed E-state index contributed by atoms with van der Waals surface area (Å²) in [5.41, 5.74) is 2.68. The average Bonchev–Trinajstić information content (AvgIpc) is 3.10. The molecule has 5 heteroatoms. The lowest BCUT2D eigenvalue weighted by Gasteiger charge is -2.13. The van der Waals surface area contributed by atoms with Crippen LogP contribution in [0.4, 0.5) is 0 Å². The van der Waals surface area contributed by atoms with Gasteiger partial charge in [0.05, 0.1) is 11.3 Å². The Morgan fingerprint density at radius 2 is 1.79 bits per heavy atom. The number of nitrogens with zero attached hydrogens (tertiary/aromatic N) is 2. The highest BCUT2D eigenvalue weighted by atomic mass is 16.4. The van der Waals surface area contributed by atoms with E-state index in [1.54, 1.807) is 26.0 Å². The van der Waals surface area contributed by atoms with Gasteiger partial charge < -0.3 is 14.8 Å². The van der Waals surface area contributed by atoms with Crippen LogP contribution in [0.15, 0.2) is 54.7 Å². The molecule has 0 atom stereocenters. The van der Waals surface area contributed by atoms with Gasteiger partial charge in [0.1, 0.15) is 11.4 Å². The van der Waals surface area contributed by atoms with E-state index >= 15 is 0 Å². The summed E-state index contributed by atoms with van der Waals surface area (Å²) >= 11 is 0. The predicted octanol–water partition coefficient (Wildman–Crippen LogP) is 4.87. The largest absolute Gasteiger partial charge is 0.478 e. The fraction of sp³-hybridized carbons (Fsp3) is 0.333. The Labute approximate surface area is 171 Å². The van der Waals surface area contributed by atoms with Gasteiger partial charge in [0.2, 0.25) is 0 Å². The standard InChI is InChI=1S/C24H28N2O3/c1-4-5-10-22-25-21(24(2,3)29)16-26(22)15-17-11-13-18(14-12-17)19-8-6-7-9-20(19)23(27)28/h6-9,11-14,16,29H,4-5,10,15H2,1-3H3,(H,27,28). The molecule has 2 N–H and O–H groups in total. The monoisotopic (exact) mass is 392 g/mol. The Kier molecular flexibility index (Phi) is 6.18. The minimum atomic E-state index is -0.976. The Morgan fingerprint density at radius 1 is 1.10 bits per heavy atom. The van der Waals surface area contributed by atoms with Crippen molar-refractivity contribution >= 4 is 5.97 Å². The first-order valence-electron chi connectivity index (χ1n) is 10.00. The third-order valence-corrected chi connectivity index (χ3v) is 5.02. The minimum absolute atomic E-state index is 0.298. The second-order valence-electron chi connectivity index (χ2n) is 7.88. The van der Waals surface area contributed by atoms with E-state index in [0.717, 1.165) is 36.2 Å². The highest BCUT2D eigenvalue weighted by molar-refractivity contribution is 5.95. The van der Waals surface area contributed by atoms with Crippen LogP contribution >= 0.6 is 0 Å². The maximum atomic E-state index is 11.5. The van der Waals surface area contributed by atoms with Gasteiger partial charge in [0.25, 0.3) is 0 Å². The van der Waals surface area contributed by atoms with E-state index in [9.17, 15) is 15.0 Å². The average molecular weight is 392 g/mol. The summed E-state index contributed by atoms with van der Waals surface area (Å²) in [4.78, 5) is 16.1. The number of carbonyl (C=O) groups is 1. The number of carboxylic acids is 1. The van der Waals surface area contributed by atoms with Crippen molar-refractivity contribution in [1.29, 1.82) is 0 Å². The van der Waals surface area contributed by atoms with Crippen LogP contribution in [0.5, 0.6) is 0 Å². The van der Waals surface area contributed by atoms with Crippen LogP contribution < -0.4 is 0 Å². The third-order valence-electron chi connectivity index (χ3n) is 5.02. The molecule has 2 aromatic carbocycles. The van der Waals surface area contributed by atoms with E-state index in [2.05, 4.69) is 16.5 Å². The topological polar surface area (TPSA) is 75.4 Å². The van der Waals surface area contributed by atoms with Crippen LogP contribution in [0.25, 0.3) is 11.1 Å². The summed E-state index contributed by atoms with van der Waals surface area (Å²) in [5.74, 6) is 0.0482. The van der Waals surface area contributed by atoms with Crippen molar-refractivity contribution in [3.63, 3.8) is 0 Å². The van der Waals surface area contributed by atoms with Gasteiger partial charge in [0.15, 0.2) is 0 Å². The summed E-state index contributed by atoms with van der Waals surface area (Å²) in [6.07, 6.45) is 4.94. The molecule has 1 aromatic heterocycles. The van der Waals surface area contributed by atoms with E-state index in [1.165, 1.54) is 0 Å². The molecule has 5 nitrogen and oxygen atoms in total. The smallest absolute Gasteiger partial charge is 0.336 e. The van der Waals surface area contributed by atoms with Crippen molar-refractivity contribution in [2.75, 3.05) is 0 Å². The molecule has 0 amide bonds. The lowest BCUT2D eigenvalue weighted by Crippen LogP contribution is -2.15. The molecular weight excluding hydrogens is 364 g/mol. The van der Waals surface area contributed by atoms with E-state index in [0.29, 0.717) is 23.4 Å². The molecule has 0 aliphatic heterocycles. The van der Waals surface area contributed by atoms with Crippen molar-refractivity contribution in [3.8, 4) is 11.1 Å². The van der Waals surface area contributed by atoms with Crippen LogP contribution in [-0.4, -0.2) is 25.7 Å². The van der Waals surface area contributed by atoms with Gasteiger partial charge in [0, 0.05) is 19.2 Å². The van der Waals surface area contributed by atoms with Crippen molar-refractivity contribution < 1.29 is 15.0 Å². The molecule has 0 fully saturated rings. The summed E-state index contributed by atoms with van der Waals surface area (Å²) < 4.78 is 2.10. The van der Waals surface area contributed by atoms with E-state index in [1.807, 2.05) is 42.6 Å². The van der Waals surface area contributed by atoms with Gasteiger partial charge in [-0.3, -0.25) is 0 Å². The second kappa shape index (κ2) is 8.62. The molecular formula is C24H28N2O3. The fourth-order valence-corrected chi connectivity index (χ4v) is 3.33. The second-order valence-corrected chi connectivity index (χ2v) is 7.88. The molecule has 152 valence electrons. The molecule has 3 rings (SSSR count). The summed E-state index contributed by atoms with van der Waals surface area (Å²) in [6, 6.07) is 15.0. The lowest BCUT2D eigenvalue weighted by atomic mass is 9.99. The van der Waals surface area contributed by atoms with Crippen LogP contribution in [0.3, 0.4) is 0 Å². The number of benzene rings is 2. The zero-order valence-corrected chi connectivity index (χ0v) is 17.2. The fourth-order valence-electron chi connectivity index (χ4n) is 3.33. The molecule has 0 unspecified atom stereocenters. The van der Waals surface area contributed by atoms with Gasteiger partial charge in [-0.25, -0.2) is 9.78 Å². The van der Waals surface area contributed by atoms with E-state index in [-0.39, 0.29) is 0 Å². The van der Waals surface area contributed by atoms with Crippen molar-refractivity contribution in [2.24, 2.45) is 0 Å². The Bertz CT molecular complexity index is 982. The Hall–Kier alpha value is -2.92. The molecule has 0 saturated heterocycles. The van der Waals surface area contributed by atoms with Gasteiger partial charge in [-0.2, -0.15) is 0 Å². The SMILES string of the molecule is CCCCc1nc(C(C)(C)O)cn1Cc1ccc(-c2ccccc2C(=O)O)cc1. The molecule has 0 bridgehead atoms. The highest BCUT2D eigenvalue weighted by Crippen LogP contribution is 2.25. The number of hydrogen-bond donors (Lipinski definition) is 2. The van der Waals surface area contributed by atoms with E-state index in [4.69, 9.17) is 0 Å². The van der Waals surface area contributed by atoms with Crippen LogP contribution in [0, 0.1) is 0 Å². The first-order chi connectivity index (χ1) is 13.8. The molecule has 1 heterocycles. The lowest BCUT2D eigenvalue weighted by molar-refractivity contribution is 0.0696. The molecule has 3 aromatic rings. The minimum Gasteiger partial charge on any atom is -0.478 e. The van der Waals surface area contributed by atoms with Gasteiger partial charge in [-0.1, -0.05) is 55.8 Å². The number of imidazole rings is 1. The maximum Gasteiger partial charge on any atom is 0.336 e. The zero-order chi connectivity index (χ0) is 21.0. The number of aromatic nitrogens is 2. The molecule has 0 aliphatic rings. The van der Waals surface area contributed by atoms with Gasteiger partial charge in [-0.05, 0) is 43.0 Å². The van der Waals surface area contributed by atoms with Gasteiger partial charge >= 0.3 is 5.97 Å². The van der Waals surface area contributed by atoms with Gasteiger partial charge in [-0.15, -0.1) is 0 Å². The maximum absolute atomic E-state index is 11.5. The third kappa shape index (κ3) is 4.93. The Morgan fingerprint density at radius 3 is 2.41 bits per heavy atom. The summed E-state index contributed by atoms with van der Waals surface area (Å²) in [6.45, 7) is 6.30. The zero-order valence-electron chi connectivity index (χ0n) is 17.2. The summed E-state index contributed by atoms with van der Waals surface area (Å²) in [5, 5.41) is 19.7. The van der Waals surface area contributed by atoms with Crippen LogP contribution in [0.2, 0.25) is 0 Å². The Balaban J connectivity index is 1.87. The molecule has 0 radical (unpaired) electrons. The molecule has 0 aliphatic carbocycles. The van der Waals surface area contributed by atoms with Crippen LogP contribution in [-0.2, 0) is 18.6 Å². The number of hydrogen-bond acceptors (Lipinski definition) is 3. The normalized spacial score (nSPS) is 11.6. The first kappa shape index (κ1) is 20.8. The number of rotatable bonds is 8. The van der Waals surface area contributed by atoms with E-state index < -0.39 is 11.6 Å². The molecule has 0 saturated carbocycles. The number of aliphatic hydroxyl groups is 1. The van der Waals surface area contributed by atoms with Crippen molar-refractivity contribution in [3.05, 3.63) is 77.4 Å².